The Kier molecular flexibility index (Phi) is 2.23. The van der Waals surface area contributed by atoms with Gasteiger partial charge < -0.3 is 0 Å². The molecule has 0 atom stereocenters. The summed E-state index contributed by atoms with van der Waals surface area (Å²) >= 11 is 0. The molecule has 0 spiro atoms. The van der Waals surface area contributed by atoms with Crippen LogP contribution >= 0.6 is 0 Å². The Morgan fingerprint density at radius 1 is 1.47 bits per heavy atom. The lowest BCUT2D eigenvalue weighted by atomic mass is 9.94. The first kappa shape index (κ1) is 10.1. The normalized spacial score (nSPS) is 17.3. The molecule has 2 rings (SSSR count). The zero-order valence-corrected chi connectivity index (χ0v) is 8.53. The second kappa shape index (κ2) is 3.31. The van der Waals surface area contributed by atoms with E-state index in [-0.39, 0.29) is 11.7 Å². The summed E-state index contributed by atoms with van der Waals surface area (Å²) < 4.78 is 13.5. The first-order chi connectivity index (χ1) is 7.08. The molecule has 1 aromatic carbocycles. The SMILES string of the molecule is CN(N)C(=O)C1(c2ccccc2F)CC1. The van der Waals surface area contributed by atoms with Gasteiger partial charge in [-0.2, -0.15) is 0 Å². The summed E-state index contributed by atoms with van der Waals surface area (Å²) in [6.45, 7) is 0. The molecule has 4 heteroatoms. The highest BCUT2D eigenvalue weighted by Crippen LogP contribution is 2.49. The number of hydrogen-bond acceptors (Lipinski definition) is 2. The van der Waals surface area contributed by atoms with Gasteiger partial charge in [0.15, 0.2) is 0 Å². The van der Waals surface area contributed by atoms with E-state index in [1.165, 1.54) is 13.1 Å². The van der Waals surface area contributed by atoms with Crippen LogP contribution in [0.15, 0.2) is 24.3 Å². The molecular weight excluding hydrogens is 195 g/mol. The van der Waals surface area contributed by atoms with E-state index in [0.29, 0.717) is 18.4 Å². The van der Waals surface area contributed by atoms with Gasteiger partial charge in [0.05, 0.1) is 5.41 Å². The van der Waals surface area contributed by atoms with Crippen molar-refractivity contribution in [2.75, 3.05) is 7.05 Å². The molecule has 1 fully saturated rings. The predicted molar refractivity (Wildman–Crippen MR) is 54.3 cm³/mol. The fraction of sp³-hybridized carbons (Fsp3) is 0.364. The van der Waals surface area contributed by atoms with Crippen LogP contribution in [0.1, 0.15) is 18.4 Å². The second-order valence-electron chi connectivity index (χ2n) is 3.98. The zero-order valence-electron chi connectivity index (χ0n) is 8.53. The van der Waals surface area contributed by atoms with Gasteiger partial charge in [-0.1, -0.05) is 18.2 Å². The van der Waals surface area contributed by atoms with Crippen molar-refractivity contribution in [3.05, 3.63) is 35.6 Å². The van der Waals surface area contributed by atoms with E-state index < -0.39 is 5.41 Å². The van der Waals surface area contributed by atoms with Crippen molar-refractivity contribution in [2.24, 2.45) is 5.84 Å². The minimum absolute atomic E-state index is 0.215. The van der Waals surface area contributed by atoms with Crippen LogP contribution in [-0.4, -0.2) is 18.0 Å². The summed E-state index contributed by atoms with van der Waals surface area (Å²) in [4.78, 5) is 11.8. The van der Waals surface area contributed by atoms with Gasteiger partial charge in [0.2, 0.25) is 5.91 Å². The smallest absolute Gasteiger partial charge is 0.246 e. The fourth-order valence-corrected chi connectivity index (χ4v) is 1.91. The molecule has 0 heterocycles. The van der Waals surface area contributed by atoms with E-state index in [9.17, 15) is 9.18 Å². The average molecular weight is 208 g/mol. The number of carbonyl (C=O) groups excluding carboxylic acids is 1. The lowest BCUT2D eigenvalue weighted by Crippen LogP contribution is -2.41. The summed E-state index contributed by atoms with van der Waals surface area (Å²) in [7, 11) is 1.49. The number of hydrogen-bond donors (Lipinski definition) is 1. The molecule has 0 radical (unpaired) electrons. The lowest BCUT2D eigenvalue weighted by molar-refractivity contribution is -0.132. The zero-order chi connectivity index (χ0) is 11.1. The van der Waals surface area contributed by atoms with E-state index in [1.54, 1.807) is 18.2 Å². The second-order valence-corrected chi connectivity index (χ2v) is 3.98. The molecule has 0 bridgehead atoms. The highest BCUT2D eigenvalue weighted by atomic mass is 19.1. The molecule has 1 aliphatic carbocycles. The summed E-state index contributed by atoms with van der Waals surface area (Å²) in [5.41, 5.74) is -0.234. The van der Waals surface area contributed by atoms with Crippen LogP contribution in [0.3, 0.4) is 0 Å². The van der Waals surface area contributed by atoms with Gasteiger partial charge in [-0.15, -0.1) is 0 Å². The largest absolute Gasteiger partial charge is 0.283 e. The van der Waals surface area contributed by atoms with Crippen molar-refractivity contribution in [2.45, 2.75) is 18.3 Å². The lowest BCUT2D eigenvalue weighted by Gasteiger charge is -2.19. The number of hydrazine groups is 1. The van der Waals surface area contributed by atoms with Crippen molar-refractivity contribution in [1.29, 1.82) is 0 Å². The standard InChI is InChI=1S/C11H13FN2O/c1-14(13)10(15)11(6-7-11)8-4-2-3-5-9(8)12/h2-5H,6-7,13H2,1H3. The van der Waals surface area contributed by atoms with E-state index in [1.807, 2.05) is 0 Å². The highest BCUT2D eigenvalue weighted by molar-refractivity contribution is 5.90. The van der Waals surface area contributed by atoms with Crippen LogP contribution in [0.2, 0.25) is 0 Å². The Morgan fingerprint density at radius 3 is 2.53 bits per heavy atom. The molecule has 15 heavy (non-hydrogen) atoms. The number of likely N-dealkylation sites (N-methyl/N-ethyl adjacent to an activating group) is 1. The van der Waals surface area contributed by atoms with Gasteiger partial charge in [0.1, 0.15) is 5.82 Å². The molecule has 1 aliphatic rings. The fourth-order valence-electron chi connectivity index (χ4n) is 1.91. The van der Waals surface area contributed by atoms with Gasteiger partial charge in [0, 0.05) is 12.6 Å². The Bertz CT molecular complexity index is 399. The summed E-state index contributed by atoms with van der Waals surface area (Å²) in [6.07, 6.45) is 1.35. The van der Waals surface area contributed by atoms with Gasteiger partial charge in [-0.25, -0.2) is 10.2 Å². The molecule has 2 N–H and O–H groups in total. The molecule has 1 aromatic rings. The topological polar surface area (TPSA) is 46.3 Å². The van der Waals surface area contributed by atoms with E-state index >= 15 is 0 Å². The Hall–Kier alpha value is -1.42. The number of nitrogens with zero attached hydrogens (tertiary/aromatic N) is 1. The Morgan fingerprint density at radius 2 is 2.07 bits per heavy atom. The third kappa shape index (κ3) is 1.51. The third-order valence-electron chi connectivity index (χ3n) is 2.87. The maximum Gasteiger partial charge on any atom is 0.246 e. The quantitative estimate of drug-likeness (QED) is 0.451. The van der Waals surface area contributed by atoms with Crippen LogP contribution in [0.5, 0.6) is 0 Å². The van der Waals surface area contributed by atoms with Crippen LogP contribution in [0.4, 0.5) is 4.39 Å². The number of halogens is 1. The Labute approximate surface area is 87.6 Å². The molecule has 0 saturated heterocycles. The third-order valence-corrected chi connectivity index (χ3v) is 2.87. The highest BCUT2D eigenvalue weighted by Gasteiger charge is 2.53. The number of nitrogens with two attached hydrogens (primary N) is 1. The van der Waals surface area contributed by atoms with Crippen molar-refractivity contribution >= 4 is 5.91 Å². The molecule has 0 aliphatic heterocycles. The maximum absolute atomic E-state index is 13.5. The van der Waals surface area contributed by atoms with Crippen molar-refractivity contribution in [3.8, 4) is 0 Å². The predicted octanol–water partition coefficient (Wildman–Crippen LogP) is 1.19. The first-order valence-electron chi connectivity index (χ1n) is 4.86. The molecule has 80 valence electrons. The van der Waals surface area contributed by atoms with Crippen LogP contribution in [0.25, 0.3) is 0 Å². The molecule has 3 nitrogen and oxygen atoms in total. The first-order valence-corrected chi connectivity index (χ1v) is 4.86. The van der Waals surface area contributed by atoms with E-state index in [0.717, 1.165) is 5.01 Å². The van der Waals surface area contributed by atoms with Crippen LogP contribution < -0.4 is 5.84 Å². The van der Waals surface area contributed by atoms with Gasteiger partial charge >= 0.3 is 0 Å². The van der Waals surface area contributed by atoms with Crippen molar-refractivity contribution in [1.82, 2.24) is 5.01 Å². The minimum atomic E-state index is -0.700. The van der Waals surface area contributed by atoms with Crippen LogP contribution in [-0.2, 0) is 10.2 Å². The monoisotopic (exact) mass is 208 g/mol. The molecule has 0 aromatic heterocycles. The summed E-state index contributed by atoms with van der Waals surface area (Å²) in [6, 6.07) is 6.39. The molecule has 0 unspecified atom stereocenters. The Balaban J connectivity index is 2.39. The molecule has 1 amide bonds. The minimum Gasteiger partial charge on any atom is -0.283 e. The van der Waals surface area contributed by atoms with Crippen molar-refractivity contribution in [3.63, 3.8) is 0 Å². The number of carbonyl (C=O) groups is 1. The van der Waals surface area contributed by atoms with E-state index in [2.05, 4.69) is 0 Å². The average Bonchev–Trinajstić information content (AvgIpc) is 2.98. The van der Waals surface area contributed by atoms with E-state index in [4.69, 9.17) is 5.84 Å². The number of amides is 1. The van der Waals surface area contributed by atoms with Crippen LogP contribution in [0, 0.1) is 5.82 Å². The van der Waals surface area contributed by atoms with Gasteiger partial charge in [-0.05, 0) is 18.9 Å². The molecular formula is C11H13FN2O. The van der Waals surface area contributed by atoms with Gasteiger partial charge in [-0.3, -0.25) is 9.80 Å². The molecule has 1 saturated carbocycles. The maximum atomic E-state index is 13.5. The van der Waals surface area contributed by atoms with Gasteiger partial charge in [0.25, 0.3) is 0 Å². The summed E-state index contributed by atoms with van der Waals surface area (Å²) in [5, 5.41) is 1.04. The number of benzene rings is 1. The number of rotatable bonds is 2. The van der Waals surface area contributed by atoms with Crippen molar-refractivity contribution < 1.29 is 9.18 Å². The summed E-state index contributed by atoms with van der Waals surface area (Å²) in [5.74, 6) is 4.87.